The van der Waals surface area contributed by atoms with E-state index in [2.05, 4.69) is 26.0 Å². The highest BCUT2D eigenvalue weighted by Crippen LogP contribution is 2.10. The Balaban J connectivity index is 3.02. The molecule has 0 aliphatic rings. The monoisotopic (exact) mass is 231 g/mol. The molecule has 0 saturated carbocycles. The average molecular weight is 232 g/mol. The largest absolute Gasteiger partial charge is 0.492 e. The third-order valence-corrected chi connectivity index (χ3v) is 1.59. The minimum Gasteiger partial charge on any atom is -0.390 e. The second-order valence-electron chi connectivity index (χ2n) is 1.75. The Bertz CT molecular complexity index is 353. The maximum atomic E-state index is 10.1. The molecule has 0 aliphatic carbocycles. The third-order valence-electron chi connectivity index (χ3n) is 0.999. The van der Waals surface area contributed by atoms with E-state index in [1.54, 1.807) is 6.07 Å². The molecule has 7 nitrogen and oxygen atoms in total. The lowest BCUT2D eigenvalue weighted by Crippen LogP contribution is -1.98. The second-order valence-corrected chi connectivity index (χ2v) is 2.46. The van der Waals surface area contributed by atoms with Gasteiger partial charge in [0.05, 0.1) is 6.07 Å². The molecule has 1 aromatic heterocycles. The summed E-state index contributed by atoms with van der Waals surface area (Å²) in [6, 6.07) is 1.78. The molecule has 0 radical (unpaired) electrons. The van der Waals surface area contributed by atoms with Gasteiger partial charge in [0.2, 0.25) is 0 Å². The number of nitriles is 1. The SMILES string of the molecule is N#CCn1nc([N+](=O)[O-])nc1Br. The summed E-state index contributed by atoms with van der Waals surface area (Å²) in [6.07, 6.45) is 0. The van der Waals surface area contributed by atoms with E-state index in [1.807, 2.05) is 0 Å². The first kappa shape index (κ1) is 8.61. The van der Waals surface area contributed by atoms with Crippen LogP contribution in [-0.2, 0) is 6.54 Å². The van der Waals surface area contributed by atoms with Crippen molar-refractivity contribution in [2.75, 3.05) is 0 Å². The molecule has 0 atom stereocenters. The Kier molecular flexibility index (Phi) is 2.35. The van der Waals surface area contributed by atoms with Crippen molar-refractivity contribution in [3.63, 3.8) is 0 Å². The van der Waals surface area contributed by atoms with Crippen molar-refractivity contribution in [1.82, 2.24) is 14.8 Å². The van der Waals surface area contributed by atoms with Gasteiger partial charge in [0.1, 0.15) is 6.54 Å². The number of halogens is 1. The van der Waals surface area contributed by atoms with Crippen LogP contribution in [-0.4, -0.2) is 19.7 Å². The Labute approximate surface area is 74.9 Å². The summed E-state index contributed by atoms with van der Waals surface area (Å²) in [4.78, 5) is 12.9. The fourth-order valence-corrected chi connectivity index (χ4v) is 0.920. The highest BCUT2D eigenvalue weighted by molar-refractivity contribution is 9.10. The van der Waals surface area contributed by atoms with Crippen molar-refractivity contribution in [1.29, 1.82) is 5.26 Å². The van der Waals surface area contributed by atoms with E-state index in [9.17, 15) is 10.1 Å². The number of hydrogen-bond donors (Lipinski definition) is 0. The zero-order chi connectivity index (χ0) is 9.14. The summed E-state index contributed by atoms with van der Waals surface area (Å²) >= 11 is 2.92. The van der Waals surface area contributed by atoms with E-state index >= 15 is 0 Å². The summed E-state index contributed by atoms with van der Waals surface area (Å²) in [5, 5.41) is 21.8. The van der Waals surface area contributed by atoms with Gasteiger partial charge in [0.15, 0.2) is 0 Å². The number of rotatable bonds is 2. The summed E-state index contributed by atoms with van der Waals surface area (Å²) < 4.78 is 1.27. The lowest BCUT2D eigenvalue weighted by atomic mass is 10.7. The minimum absolute atomic E-state index is 0.0680. The molecule has 1 aromatic rings. The number of nitro groups is 1. The van der Waals surface area contributed by atoms with Crippen LogP contribution in [0.25, 0.3) is 0 Å². The summed E-state index contributed by atoms with van der Waals surface area (Å²) in [5.74, 6) is -0.517. The molecular formula is C4H2BrN5O2. The van der Waals surface area contributed by atoms with E-state index in [0.29, 0.717) is 0 Å². The molecule has 0 fully saturated rings. The van der Waals surface area contributed by atoms with E-state index < -0.39 is 10.9 Å². The lowest BCUT2D eigenvalue weighted by molar-refractivity contribution is -0.394. The molecule has 0 saturated heterocycles. The highest BCUT2D eigenvalue weighted by Gasteiger charge is 2.18. The van der Waals surface area contributed by atoms with Gasteiger partial charge in [-0.3, -0.25) is 0 Å². The first-order valence-corrected chi connectivity index (χ1v) is 3.56. The van der Waals surface area contributed by atoms with Crippen LogP contribution in [0.1, 0.15) is 0 Å². The Morgan fingerprint density at radius 2 is 2.50 bits per heavy atom. The summed E-state index contributed by atoms with van der Waals surface area (Å²) in [6.45, 7) is -0.0680. The number of nitrogens with zero attached hydrogens (tertiary/aromatic N) is 5. The first-order chi connectivity index (χ1) is 5.65. The molecular weight excluding hydrogens is 230 g/mol. The fraction of sp³-hybridized carbons (Fsp3) is 0.250. The van der Waals surface area contributed by atoms with E-state index in [-0.39, 0.29) is 11.3 Å². The molecule has 0 spiro atoms. The van der Waals surface area contributed by atoms with Gasteiger partial charge in [0, 0.05) is 21.0 Å². The zero-order valence-corrected chi connectivity index (χ0v) is 7.22. The van der Waals surface area contributed by atoms with Gasteiger partial charge >= 0.3 is 5.95 Å². The van der Waals surface area contributed by atoms with Gasteiger partial charge in [-0.05, 0) is 9.91 Å². The molecule has 62 valence electrons. The zero-order valence-electron chi connectivity index (χ0n) is 5.64. The van der Waals surface area contributed by atoms with Crippen LogP contribution in [0.3, 0.4) is 0 Å². The minimum atomic E-state index is -0.724. The standard InChI is InChI=1S/C4H2BrN5O2/c5-3-7-4(10(11)12)8-9(3)2-1-6/h2H2. The van der Waals surface area contributed by atoms with E-state index in [4.69, 9.17) is 5.26 Å². The van der Waals surface area contributed by atoms with Crippen molar-refractivity contribution in [2.45, 2.75) is 6.54 Å². The number of aromatic nitrogens is 3. The summed E-state index contributed by atoms with van der Waals surface area (Å²) in [5.41, 5.74) is 0. The van der Waals surface area contributed by atoms with Crippen LogP contribution >= 0.6 is 15.9 Å². The Morgan fingerprint density at radius 3 is 2.92 bits per heavy atom. The van der Waals surface area contributed by atoms with Crippen LogP contribution in [0.5, 0.6) is 0 Å². The second kappa shape index (κ2) is 3.27. The fourth-order valence-electron chi connectivity index (χ4n) is 0.557. The van der Waals surface area contributed by atoms with Crippen LogP contribution < -0.4 is 0 Å². The molecule has 8 heteroatoms. The molecule has 0 bridgehead atoms. The van der Waals surface area contributed by atoms with Gasteiger partial charge in [-0.25, -0.2) is 0 Å². The van der Waals surface area contributed by atoms with Gasteiger partial charge in [0.25, 0.3) is 4.73 Å². The molecule has 1 rings (SSSR count). The van der Waals surface area contributed by atoms with Gasteiger partial charge < -0.3 is 10.1 Å². The normalized spacial score (nSPS) is 9.33. The quantitative estimate of drug-likeness (QED) is 0.545. The molecule has 12 heavy (non-hydrogen) atoms. The predicted molar refractivity (Wildman–Crippen MR) is 40.0 cm³/mol. The van der Waals surface area contributed by atoms with Crippen molar-refractivity contribution in [2.24, 2.45) is 0 Å². The maximum Gasteiger partial charge on any atom is 0.492 e. The van der Waals surface area contributed by atoms with Crippen molar-refractivity contribution in [3.8, 4) is 6.07 Å². The summed E-state index contributed by atoms with van der Waals surface area (Å²) in [7, 11) is 0. The smallest absolute Gasteiger partial charge is 0.390 e. The maximum absolute atomic E-state index is 10.1. The van der Waals surface area contributed by atoms with Crippen molar-refractivity contribution < 1.29 is 4.92 Å². The number of hydrogen-bond acceptors (Lipinski definition) is 5. The Hall–Kier alpha value is -1.49. The van der Waals surface area contributed by atoms with Crippen LogP contribution in [0.15, 0.2) is 4.73 Å². The van der Waals surface area contributed by atoms with Crippen LogP contribution in [0.4, 0.5) is 5.95 Å². The van der Waals surface area contributed by atoms with Crippen LogP contribution in [0, 0.1) is 21.4 Å². The molecule has 1 heterocycles. The van der Waals surface area contributed by atoms with Gasteiger partial charge in [-0.1, -0.05) is 0 Å². The molecule has 0 aromatic carbocycles. The molecule has 0 amide bonds. The highest BCUT2D eigenvalue weighted by atomic mass is 79.9. The van der Waals surface area contributed by atoms with Crippen molar-refractivity contribution >= 4 is 21.9 Å². The predicted octanol–water partition coefficient (Wildman–Crippen LogP) is 0.472. The lowest BCUT2D eigenvalue weighted by Gasteiger charge is -1.84. The van der Waals surface area contributed by atoms with E-state index in [0.717, 1.165) is 4.68 Å². The van der Waals surface area contributed by atoms with Gasteiger partial charge in [-0.15, -0.1) is 4.68 Å². The topological polar surface area (TPSA) is 97.6 Å². The van der Waals surface area contributed by atoms with Crippen molar-refractivity contribution in [3.05, 3.63) is 14.8 Å². The molecule has 0 aliphatic heterocycles. The average Bonchev–Trinajstić information content (AvgIpc) is 2.34. The van der Waals surface area contributed by atoms with Gasteiger partial charge in [-0.2, -0.15) is 5.26 Å². The van der Waals surface area contributed by atoms with E-state index in [1.165, 1.54) is 0 Å². The van der Waals surface area contributed by atoms with Crippen LogP contribution in [0.2, 0.25) is 0 Å². The molecule has 0 N–H and O–H groups in total. The molecule has 0 unspecified atom stereocenters. The third kappa shape index (κ3) is 1.57. The Morgan fingerprint density at radius 1 is 1.83 bits per heavy atom. The first-order valence-electron chi connectivity index (χ1n) is 2.77.